The molecule has 0 saturated carbocycles. The average molecular weight is 308 g/mol. The molecule has 23 heavy (non-hydrogen) atoms. The number of piperazine rings is 1. The number of methoxy groups -OCH3 is 1. The zero-order valence-corrected chi connectivity index (χ0v) is 13.9. The number of nitrogens with zero attached hydrogens (tertiary/aromatic N) is 2. The number of rotatable bonds is 2. The molecule has 2 atom stereocenters. The average Bonchev–Trinajstić information content (AvgIpc) is 2.61. The molecule has 120 valence electrons. The maximum absolute atomic E-state index is 5.31. The molecular formula is C20H24N2O. The third-order valence-corrected chi connectivity index (χ3v) is 5.36. The Morgan fingerprint density at radius 3 is 2.39 bits per heavy atom. The van der Waals surface area contributed by atoms with Gasteiger partial charge in [-0.05, 0) is 35.9 Å². The molecule has 2 aromatic rings. The number of hydrogen-bond donors (Lipinski definition) is 0. The molecule has 0 aliphatic carbocycles. The number of ether oxygens (including phenoxy) is 1. The predicted molar refractivity (Wildman–Crippen MR) is 93.1 cm³/mol. The Balaban J connectivity index is 1.74. The molecule has 3 heteroatoms. The minimum absolute atomic E-state index is 0.455. The van der Waals surface area contributed by atoms with Gasteiger partial charge >= 0.3 is 0 Å². The summed E-state index contributed by atoms with van der Waals surface area (Å²) in [6.07, 6.45) is 0. The second kappa shape index (κ2) is 5.99. The van der Waals surface area contributed by atoms with Gasteiger partial charge in [-0.1, -0.05) is 36.4 Å². The van der Waals surface area contributed by atoms with Crippen molar-refractivity contribution in [3.05, 3.63) is 65.2 Å². The molecule has 0 radical (unpaired) electrons. The van der Waals surface area contributed by atoms with E-state index >= 15 is 0 Å². The standard InChI is InChI=1S/C20H24N2O/c1-21-11-12-22-13-19(15-7-9-16(23-2)10-8-15)17-5-3-4-6-18(17)20(22)14-21/h3-10,19-20H,11-14H2,1-2H3/t19-,20-/m0/s1. The number of hydrogen-bond acceptors (Lipinski definition) is 3. The zero-order valence-electron chi connectivity index (χ0n) is 13.9. The van der Waals surface area contributed by atoms with Crippen LogP contribution in [0.25, 0.3) is 0 Å². The SMILES string of the molecule is COc1ccc([C@@H]2CN3CCN(C)C[C@H]3c3ccccc32)cc1. The van der Waals surface area contributed by atoms with Crippen molar-refractivity contribution in [1.29, 1.82) is 0 Å². The Morgan fingerprint density at radius 2 is 1.65 bits per heavy atom. The van der Waals surface area contributed by atoms with Crippen molar-refractivity contribution in [3.8, 4) is 5.75 Å². The first-order valence-electron chi connectivity index (χ1n) is 8.41. The van der Waals surface area contributed by atoms with Gasteiger partial charge in [-0.3, -0.25) is 4.90 Å². The normalized spacial score (nSPS) is 24.8. The summed E-state index contributed by atoms with van der Waals surface area (Å²) in [5.74, 6) is 1.38. The van der Waals surface area contributed by atoms with Gasteiger partial charge in [0.25, 0.3) is 0 Å². The van der Waals surface area contributed by atoms with E-state index < -0.39 is 0 Å². The van der Waals surface area contributed by atoms with Gasteiger partial charge in [0.1, 0.15) is 5.75 Å². The zero-order chi connectivity index (χ0) is 15.8. The fraction of sp³-hybridized carbons (Fsp3) is 0.400. The molecule has 1 saturated heterocycles. The van der Waals surface area contributed by atoms with Crippen LogP contribution < -0.4 is 4.74 Å². The van der Waals surface area contributed by atoms with Crippen LogP contribution in [0.4, 0.5) is 0 Å². The van der Waals surface area contributed by atoms with Crippen molar-refractivity contribution in [2.24, 2.45) is 0 Å². The van der Waals surface area contributed by atoms with Crippen molar-refractivity contribution in [1.82, 2.24) is 9.80 Å². The van der Waals surface area contributed by atoms with Gasteiger partial charge < -0.3 is 9.64 Å². The second-order valence-electron chi connectivity index (χ2n) is 6.73. The maximum atomic E-state index is 5.31. The van der Waals surface area contributed by atoms with Gasteiger partial charge in [0.2, 0.25) is 0 Å². The maximum Gasteiger partial charge on any atom is 0.118 e. The van der Waals surface area contributed by atoms with E-state index in [9.17, 15) is 0 Å². The molecule has 0 spiro atoms. The molecular weight excluding hydrogens is 284 g/mol. The molecule has 0 unspecified atom stereocenters. The summed E-state index contributed by atoms with van der Waals surface area (Å²) >= 11 is 0. The van der Waals surface area contributed by atoms with Crippen molar-refractivity contribution >= 4 is 0 Å². The van der Waals surface area contributed by atoms with E-state index in [1.807, 2.05) is 0 Å². The van der Waals surface area contributed by atoms with E-state index in [1.54, 1.807) is 7.11 Å². The summed E-state index contributed by atoms with van der Waals surface area (Å²) in [4.78, 5) is 5.11. The first-order chi connectivity index (χ1) is 11.3. The van der Waals surface area contributed by atoms with Gasteiger partial charge in [-0.25, -0.2) is 0 Å². The molecule has 0 aromatic heterocycles. The highest BCUT2D eigenvalue weighted by Crippen LogP contribution is 2.40. The summed E-state index contributed by atoms with van der Waals surface area (Å²) in [6, 6.07) is 18.1. The Morgan fingerprint density at radius 1 is 0.913 bits per heavy atom. The smallest absolute Gasteiger partial charge is 0.118 e. The van der Waals surface area contributed by atoms with E-state index in [0.29, 0.717) is 12.0 Å². The molecule has 0 N–H and O–H groups in total. The highest BCUT2D eigenvalue weighted by molar-refractivity contribution is 5.43. The number of likely N-dealkylation sites (N-methyl/N-ethyl adjacent to an activating group) is 1. The first kappa shape index (κ1) is 14.7. The third kappa shape index (κ3) is 2.64. The lowest BCUT2D eigenvalue weighted by molar-refractivity contribution is 0.0772. The van der Waals surface area contributed by atoms with Crippen LogP contribution in [-0.4, -0.2) is 50.1 Å². The Bertz CT molecular complexity index is 682. The highest BCUT2D eigenvalue weighted by atomic mass is 16.5. The molecule has 0 bridgehead atoms. The van der Waals surface area contributed by atoms with Crippen molar-refractivity contribution in [2.75, 3.05) is 40.3 Å². The monoisotopic (exact) mass is 308 g/mol. The van der Waals surface area contributed by atoms with Crippen LogP contribution in [0, 0.1) is 0 Å². The van der Waals surface area contributed by atoms with Crippen molar-refractivity contribution in [3.63, 3.8) is 0 Å². The quantitative estimate of drug-likeness (QED) is 0.848. The largest absolute Gasteiger partial charge is 0.497 e. The first-order valence-corrected chi connectivity index (χ1v) is 8.41. The van der Waals surface area contributed by atoms with Crippen molar-refractivity contribution in [2.45, 2.75) is 12.0 Å². The summed E-state index contributed by atoms with van der Waals surface area (Å²) in [5, 5.41) is 0. The Labute approximate surface area is 138 Å². The van der Waals surface area contributed by atoms with Crippen LogP contribution in [-0.2, 0) is 0 Å². The molecule has 1 fully saturated rings. The molecule has 0 amide bonds. The fourth-order valence-electron chi connectivity index (χ4n) is 4.06. The van der Waals surface area contributed by atoms with E-state index in [2.05, 4.69) is 65.4 Å². The summed E-state index contributed by atoms with van der Waals surface area (Å²) < 4.78 is 5.31. The topological polar surface area (TPSA) is 15.7 Å². The van der Waals surface area contributed by atoms with Crippen LogP contribution in [0.3, 0.4) is 0 Å². The van der Waals surface area contributed by atoms with Gasteiger partial charge in [0.15, 0.2) is 0 Å². The third-order valence-electron chi connectivity index (χ3n) is 5.36. The van der Waals surface area contributed by atoms with Crippen LogP contribution in [0.2, 0.25) is 0 Å². The van der Waals surface area contributed by atoms with Crippen LogP contribution in [0.15, 0.2) is 48.5 Å². The van der Waals surface area contributed by atoms with Crippen LogP contribution in [0.5, 0.6) is 5.75 Å². The van der Waals surface area contributed by atoms with E-state index in [1.165, 1.54) is 16.7 Å². The van der Waals surface area contributed by atoms with Gasteiger partial charge in [0.05, 0.1) is 7.11 Å². The Kier molecular flexibility index (Phi) is 3.83. The minimum atomic E-state index is 0.455. The summed E-state index contributed by atoms with van der Waals surface area (Å²) in [6.45, 7) is 4.56. The van der Waals surface area contributed by atoms with E-state index in [4.69, 9.17) is 4.74 Å². The molecule has 2 aliphatic rings. The van der Waals surface area contributed by atoms with E-state index in [-0.39, 0.29) is 0 Å². The van der Waals surface area contributed by atoms with Gasteiger partial charge in [-0.2, -0.15) is 0 Å². The van der Waals surface area contributed by atoms with E-state index in [0.717, 1.165) is 31.9 Å². The van der Waals surface area contributed by atoms with Crippen LogP contribution >= 0.6 is 0 Å². The number of benzene rings is 2. The van der Waals surface area contributed by atoms with Gasteiger partial charge in [0, 0.05) is 38.1 Å². The molecule has 2 aliphatic heterocycles. The van der Waals surface area contributed by atoms with Crippen molar-refractivity contribution < 1.29 is 4.74 Å². The lowest BCUT2D eigenvalue weighted by Gasteiger charge is -2.46. The molecule has 4 rings (SSSR count). The predicted octanol–water partition coefficient (Wildman–Crippen LogP) is 3.13. The Hall–Kier alpha value is -1.84. The molecule has 3 nitrogen and oxygen atoms in total. The number of fused-ring (bicyclic) bond motifs is 3. The second-order valence-corrected chi connectivity index (χ2v) is 6.73. The lowest BCUT2D eigenvalue weighted by atomic mass is 9.80. The minimum Gasteiger partial charge on any atom is -0.497 e. The summed E-state index contributed by atoms with van der Waals surface area (Å²) in [7, 11) is 3.95. The van der Waals surface area contributed by atoms with Gasteiger partial charge in [-0.15, -0.1) is 0 Å². The summed E-state index contributed by atoms with van der Waals surface area (Å²) in [5.41, 5.74) is 4.39. The lowest BCUT2D eigenvalue weighted by Crippen LogP contribution is -2.50. The fourth-order valence-corrected chi connectivity index (χ4v) is 4.06. The molecule has 2 heterocycles. The van der Waals surface area contributed by atoms with Crippen LogP contribution in [0.1, 0.15) is 28.7 Å². The molecule has 2 aromatic carbocycles. The highest BCUT2D eigenvalue weighted by Gasteiger charge is 2.36.